The van der Waals surface area contributed by atoms with E-state index in [1.54, 1.807) is 0 Å². The number of piperidine rings is 1. The van der Waals surface area contributed by atoms with Gasteiger partial charge in [0.15, 0.2) is 0 Å². The molecule has 0 spiro atoms. The normalized spacial score (nSPS) is 25.6. The van der Waals surface area contributed by atoms with Crippen molar-refractivity contribution < 1.29 is 10.0 Å². The molecule has 1 aliphatic rings. The molecule has 0 saturated carbocycles. The maximum atomic E-state index is 10.6. The van der Waals surface area contributed by atoms with Crippen LogP contribution in [0.25, 0.3) is 0 Å². The lowest BCUT2D eigenvalue weighted by Gasteiger charge is -2.36. The standard InChI is InChI=1S/C13H22N4O3/c1-10-3-4-15(6-11(10)2)8-13(18)9-16-7-12(5-14-16)17(19)20/h5,7,10-11,13,18H,3-4,6,8-9H2,1-2H3. The number of rotatable bonds is 5. The number of hydrogen-bond acceptors (Lipinski definition) is 5. The molecule has 0 amide bonds. The second-order valence-corrected chi connectivity index (χ2v) is 5.83. The van der Waals surface area contributed by atoms with Crippen LogP contribution in [0.3, 0.4) is 0 Å². The highest BCUT2D eigenvalue weighted by Crippen LogP contribution is 2.22. The summed E-state index contributed by atoms with van der Waals surface area (Å²) in [6.45, 7) is 7.37. The van der Waals surface area contributed by atoms with E-state index in [1.807, 2.05) is 0 Å². The van der Waals surface area contributed by atoms with E-state index in [2.05, 4.69) is 23.8 Å². The van der Waals surface area contributed by atoms with Gasteiger partial charge in [0.05, 0.1) is 17.6 Å². The molecule has 20 heavy (non-hydrogen) atoms. The molecular formula is C13H22N4O3. The summed E-state index contributed by atoms with van der Waals surface area (Å²) in [5.74, 6) is 1.37. The van der Waals surface area contributed by atoms with Gasteiger partial charge in [0.25, 0.3) is 0 Å². The van der Waals surface area contributed by atoms with Crippen molar-refractivity contribution in [1.82, 2.24) is 14.7 Å². The Morgan fingerprint density at radius 1 is 1.50 bits per heavy atom. The molecule has 1 aromatic heterocycles. The molecule has 1 aromatic rings. The zero-order valence-corrected chi connectivity index (χ0v) is 12.0. The molecule has 2 rings (SSSR count). The van der Waals surface area contributed by atoms with Crippen LogP contribution in [0.2, 0.25) is 0 Å². The van der Waals surface area contributed by atoms with Crippen LogP contribution in [0.15, 0.2) is 12.4 Å². The molecule has 3 unspecified atom stereocenters. The second kappa shape index (κ2) is 6.32. The first kappa shape index (κ1) is 14.9. The maximum absolute atomic E-state index is 10.6. The minimum absolute atomic E-state index is 0.0439. The molecular weight excluding hydrogens is 260 g/mol. The van der Waals surface area contributed by atoms with Crippen LogP contribution in [0, 0.1) is 22.0 Å². The fraction of sp³-hybridized carbons (Fsp3) is 0.769. The summed E-state index contributed by atoms with van der Waals surface area (Å²) in [5, 5.41) is 24.5. The van der Waals surface area contributed by atoms with Crippen LogP contribution in [-0.4, -0.2) is 50.4 Å². The van der Waals surface area contributed by atoms with E-state index in [9.17, 15) is 15.2 Å². The van der Waals surface area contributed by atoms with E-state index >= 15 is 0 Å². The van der Waals surface area contributed by atoms with Gasteiger partial charge in [0.2, 0.25) is 0 Å². The molecule has 7 nitrogen and oxygen atoms in total. The van der Waals surface area contributed by atoms with Gasteiger partial charge < -0.3 is 10.0 Å². The number of β-amino-alcohol motifs (C(OH)–C–C–N with tert-alkyl or cyclic N) is 1. The van der Waals surface area contributed by atoms with Gasteiger partial charge >= 0.3 is 5.69 Å². The average Bonchev–Trinajstić information content (AvgIpc) is 2.82. The Balaban J connectivity index is 1.82. The van der Waals surface area contributed by atoms with Gasteiger partial charge in [0, 0.05) is 13.1 Å². The molecule has 2 heterocycles. The lowest BCUT2D eigenvalue weighted by molar-refractivity contribution is -0.385. The van der Waals surface area contributed by atoms with Crippen molar-refractivity contribution >= 4 is 5.69 Å². The minimum atomic E-state index is -0.560. The number of likely N-dealkylation sites (tertiary alicyclic amines) is 1. The number of aromatic nitrogens is 2. The first-order valence-corrected chi connectivity index (χ1v) is 7.03. The summed E-state index contributed by atoms with van der Waals surface area (Å²) in [7, 11) is 0. The minimum Gasteiger partial charge on any atom is -0.390 e. The third-order valence-corrected chi connectivity index (χ3v) is 4.12. The highest BCUT2D eigenvalue weighted by atomic mass is 16.6. The summed E-state index contributed by atoms with van der Waals surface area (Å²) in [6.07, 6.45) is 3.15. The van der Waals surface area contributed by atoms with Crippen molar-refractivity contribution in [2.75, 3.05) is 19.6 Å². The molecule has 1 N–H and O–H groups in total. The van der Waals surface area contributed by atoms with Crippen LogP contribution >= 0.6 is 0 Å². The Labute approximate surface area is 118 Å². The van der Waals surface area contributed by atoms with Gasteiger partial charge in [-0.05, 0) is 24.8 Å². The lowest BCUT2D eigenvalue weighted by atomic mass is 9.88. The molecule has 0 radical (unpaired) electrons. The van der Waals surface area contributed by atoms with Gasteiger partial charge in [-0.3, -0.25) is 14.8 Å². The topological polar surface area (TPSA) is 84.4 Å². The monoisotopic (exact) mass is 282 g/mol. The van der Waals surface area contributed by atoms with Crippen molar-refractivity contribution in [2.45, 2.75) is 32.9 Å². The smallest absolute Gasteiger partial charge is 0.306 e. The van der Waals surface area contributed by atoms with Crippen LogP contribution < -0.4 is 0 Å². The third-order valence-electron chi connectivity index (χ3n) is 4.12. The zero-order valence-electron chi connectivity index (χ0n) is 12.0. The molecule has 1 aliphatic heterocycles. The largest absolute Gasteiger partial charge is 0.390 e. The molecule has 0 aromatic carbocycles. The third kappa shape index (κ3) is 3.77. The highest BCUT2D eigenvalue weighted by Gasteiger charge is 2.24. The van der Waals surface area contributed by atoms with Gasteiger partial charge in [-0.2, -0.15) is 5.10 Å². The van der Waals surface area contributed by atoms with E-state index in [1.165, 1.54) is 17.1 Å². The van der Waals surface area contributed by atoms with E-state index < -0.39 is 11.0 Å². The summed E-state index contributed by atoms with van der Waals surface area (Å²) in [4.78, 5) is 12.3. The molecule has 3 atom stereocenters. The Morgan fingerprint density at radius 2 is 2.25 bits per heavy atom. The fourth-order valence-corrected chi connectivity index (χ4v) is 2.63. The van der Waals surface area contributed by atoms with Gasteiger partial charge in [-0.25, -0.2) is 0 Å². The number of nitrogens with zero attached hydrogens (tertiary/aromatic N) is 4. The van der Waals surface area contributed by atoms with Crippen molar-refractivity contribution in [3.05, 3.63) is 22.5 Å². The SMILES string of the molecule is CC1CCN(CC(O)Cn2cc([N+](=O)[O-])cn2)CC1C. The first-order valence-electron chi connectivity index (χ1n) is 7.03. The van der Waals surface area contributed by atoms with E-state index in [-0.39, 0.29) is 12.2 Å². The van der Waals surface area contributed by atoms with Gasteiger partial charge in [-0.15, -0.1) is 0 Å². The predicted octanol–water partition coefficient (Wildman–Crippen LogP) is 1.13. The summed E-state index contributed by atoms with van der Waals surface area (Å²) in [5.41, 5.74) is -0.0439. The van der Waals surface area contributed by atoms with Gasteiger partial charge in [0.1, 0.15) is 12.4 Å². The van der Waals surface area contributed by atoms with E-state index in [4.69, 9.17) is 0 Å². The molecule has 1 fully saturated rings. The zero-order chi connectivity index (χ0) is 14.7. The molecule has 7 heteroatoms. The Bertz CT molecular complexity index is 462. The highest BCUT2D eigenvalue weighted by molar-refractivity contribution is 5.20. The van der Waals surface area contributed by atoms with Crippen LogP contribution in [-0.2, 0) is 6.54 Å². The molecule has 1 saturated heterocycles. The first-order chi connectivity index (χ1) is 9.45. The van der Waals surface area contributed by atoms with Crippen LogP contribution in [0.5, 0.6) is 0 Å². The summed E-state index contributed by atoms with van der Waals surface area (Å²) in [6, 6.07) is 0. The average molecular weight is 282 g/mol. The van der Waals surface area contributed by atoms with Crippen molar-refractivity contribution in [3.63, 3.8) is 0 Å². The fourth-order valence-electron chi connectivity index (χ4n) is 2.63. The summed E-state index contributed by atoms with van der Waals surface area (Å²) >= 11 is 0. The number of nitro groups is 1. The summed E-state index contributed by atoms with van der Waals surface area (Å²) < 4.78 is 1.43. The predicted molar refractivity (Wildman–Crippen MR) is 74.3 cm³/mol. The second-order valence-electron chi connectivity index (χ2n) is 5.83. The number of aliphatic hydroxyl groups excluding tert-OH is 1. The number of aliphatic hydroxyl groups is 1. The molecule has 0 aliphatic carbocycles. The van der Waals surface area contributed by atoms with Gasteiger partial charge in [-0.1, -0.05) is 13.8 Å². The number of hydrogen-bond donors (Lipinski definition) is 1. The van der Waals surface area contributed by atoms with E-state index in [0.717, 1.165) is 25.4 Å². The Morgan fingerprint density at radius 3 is 2.85 bits per heavy atom. The van der Waals surface area contributed by atoms with E-state index in [0.29, 0.717) is 12.5 Å². The molecule has 112 valence electrons. The Hall–Kier alpha value is -1.47. The van der Waals surface area contributed by atoms with Crippen LogP contribution in [0.4, 0.5) is 5.69 Å². The quantitative estimate of drug-likeness (QED) is 0.646. The van der Waals surface area contributed by atoms with Crippen molar-refractivity contribution in [3.8, 4) is 0 Å². The molecule has 0 bridgehead atoms. The maximum Gasteiger partial charge on any atom is 0.306 e. The van der Waals surface area contributed by atoms with Crippen LogP contribution in [0.1, 0.15) is 20.3 Å². The Kier molecular flexibility index (Phi) is 4.72. The van der Waals surface area contributed by atoms with Crippen molar-refractivity contribution in [1.29, 1.82) is 0 Å². The van der Waals surface area contributed by atoms with Crippen molar-refractivity contribution in [2.24, 2.45) is 11.8 Å². The lowest BCUT2D eigenvalue weighted by Crippen LogP contribution is -2.43.